The number of H-pyrrole nitrogens is 1. The van der Waals surface area contributed by atoms with Gasteiger partial charge in [-0.2, -0.15) is 0 Å². The second-order valence-electron chi connectivity index (χ2n) is 11.0. The number of rotatable bonds is 6. The van der Waals surface area contributed by atoms with Gasteiger partial charge >= 0.3 is 0 Å². The lowest BCUT2D eigenvalue weighted by atomic mass is 10.00. The molecule has 2 saturated heterocycles. The van der Waals surface area contributed by atoms with Crippen LogP contribution in [-0.4, -0.2) is 73.6 Å². The number of hydrogen-bond donors (Lipinski definition) is 3. The van der Waals surface area contributed by atoms with E-state index in [9.17, 15) is 19.2 Å². The first-order valence-corrected chi connectivity index (χ1v) is 15.2. The zero-order valence-electron chi connectivity index (χ0n) is 24.8. The molecular formula is C33H35N7O4. The maximum absolute atomic E-state index is 13.5. The highest BCUT2D eigenvalue weighted by atomic mass is 16.2. The number of amides is 4. The number of carbonyl (C=O) groups excluding carboxylic acids is 4. The Bertz CT molecular complexity index is 1720. The summed E-state index contributed by atoms with van der Waals surface area (Å²) in [5.41, 5.74) is 4.18. The van der Waals surface area contributed by atoms with Crippen LogP contribution in [0.15, 0.2) is 60.8 Å². The maximum atomic E-state index is 13.5. The first-order valence-electron chi connectivity index (χ1n) is 15.2. The van der Waals surface area contributed by atoms with Crippen molar-refractivity contribution < 1.29 is 19.2 Å². The van der Waals surface area contributed by atoms with Crippen molar-refractivity contribution in [3.63, 3.8) is 0 Å². The molecule has 0 bridgehead atoms. The average molecular weight is 594 g/mol. The molecule has 2 unspecified atom stereocenters. The number of likely N-dealkylation sites (tertiary alicyclic amines) is 1. The molecule has 0 radical (unpaired) electrons. The van der Waals surface area contributed by atoms with Crippen LogP contribution in [0.5, 0.6) is 0 Å². The predicted octanol–water partition coefficient (Wildman–Crippen LogP) is 4.13. The van der Waals surface area contributed by atoms with E-state index < -0.39 is 29.7 Å². The number of para-hydroxylation sites is 1. The third-order valence-corrected chi connectivity index (χ3v) is 8.25. The zero-order valence-corrected chi connectivity index (χ0v) is 24.8. The van der Waals surface area contributed by atoms with Crippen molar-refractivity contribution in [3.05, 3.63) is 77.5 Å². The lowest BCUT2D eigenvalue weighted by Crippen LogP contribution is -2.54. The normalized spacial score (nSPS) is 20.3. The van der Waals surface area contributed by atoms with E-state index in [2.05, 4.69) is 37.6 Å². The molecule has 44 heavy (non-hydrogen) atoms. The standard InChI is InChI=1S/C31H29N7O4.C2H6/c39-26-11-10-25(28(40)36-26)38-29(41)21-8-3-6-19(27(21)30(38)42)16-37-14-4-7-20(17-37)33-31-32-13-12-23(35-31)24-15-18-5-1-2-9-22(18)34-24;1-2/h1-3,5-6,8-9,12-13,15,20,25,34H,4,7,10-11,14,16-17H2,(H,32,33,35)(H,36,39,40);1-2H3. The molecule has 5 heterocycles. The Labute approximate surface area is 255 Å². The highest BCUT2D eigenvalue weighted by Gasteiger charge is 2.45. The fourth-order valence-electron chi connectivity index (χ4n) is 6.25. The summed E-state index contributed by atoms with van der Waals surface area (Å²) >= 11 is 0. The first kappa shape index (κ1) is 29.2. The number of aromatic amines is 1. The molecule has 2 atom stereocenters. The van der Waals surface area contributed by atoms with Crippen LogP contribution in [0, 0.1) is 0 Å². The number of carbonyl (C=O) groups is 4. The van der Waals surface area contributed by atoms with Crippen molar-refractivity contribution >= 4 is 40.5 Å². The Morgan fingerprint density at radius 3 is 2.64 bits per heavy atom. The van der Waals surface area contributed by atoms with Crippen LogP contribution >= 0.6 is 0 Å². The van der Waals surface area contributed by atoms with Gasteiger partial charge in [0.25, 0.3) is 11.8 Å². The molecule has 11 heteroatoms. The van der Waals surface area contributed by atoms with E-state index in [0.29, 0.717) is 30.2 Å². The summed E-state index contributed by atoms with van der Waals surface area (Å²) in [6, 6.07) is 16.5. The van der Waals surface area contributed by atoms with E-state index in [-0.39, 0.29) is 18.9 Å². The van der Waals surface area contributed by atoms with Crippen molar-refractivity contribution in [2.24, 2.45) is 0 Å². The average Bonchev–Trinajstić information content (AvgIpc) is 3.58. The second-order valence-corrected chi connectivity index (χ2v) is 11.0. The molecule has 2 fully saturated rings. The summed E-state index contributed by atoms with van der Waals surface area (Å²) in [7, 11) is 0. The summed E-state index contributed by atoms with van der Waals surface area (Å²) in [5.74, 6) is -1.41. The van der Waals surface area contributed by atoms with Gasteiger partial charge in [0.1, 0.15) is 6.04 Å². The summed E-state index contributed by atoms with van der Waals surface area (Å²) < 4.78 is 0. The van der Waals surface area contributed by atoms with Crippen LogP contribution in [-0.2, 0) is 16.1 Å². The molecule has 4 aromatic rings. The van der Waals surface area contributed by atoms with Gasteiger partial charge in [-0.05, 0) is 55.6 Å². The minimum absolute atomic E-state index is 0.0905. The lowest BCUT2D eigenvalue weighted by Gasteiger charge is -2.33. The molecule has 2 aromatic carbocycles. The second kappa shape index (κ2) is 12.4. The Morgan fingerprint density at radius 2 is 1.82 bits per heavy atom. The number of anilines is 1. The first-order chi connectivity index (χ1) is 21.4. The van der Waals surface area contributed by atoms with Crippen molar-refractivity contribution in [3.8, 4) is 11.4 Å². The van der Waals surface area contributed by atoms with Gasteiger partial charge in [-0.3, -0.25) is 34.3 Å². The third kappa shape index (κ3) is 5.58. The Kier molecular flexibility index (Phi) is 8.21. The molecule has 3 aliphatic rings. The number of benzene rings is 2. The minimum atomic E-state index is -0.980. The molecule has 4 amide bonds. The minimum Gasteiger partial charge on any atom is -0.353 e. The Hall–Kier alpha value is -4.90. The number of imide groups is 2. The Balaban J connectivity index is 0.00000168. The molecule has 3 N–H and O–H groups in total. The quantitative estimate of drug-likeness (QED) is 0.284. The van der Waals surface area contributed by atoms with E-state index in [0.717, 1.165) is 52.1 Å². The molecule has 0 aliphatic carbocycles. The summed E-state index contributed by atoms with van der Waals surface area (Å²) in [4.78, 5) is 66.7. The van der Waals surface area contributed by atoms with Crippen molar-refractivity contribution in [2.45, 2.75) is 58.2 Å². The van der Waals surface area contributed by atoms with Gasteiger partial charge in [-0.25, -0.2) is 9.97 Å². The van der Waals surface area contributed by atoms with Gasteiger partial charge in [-0.15, -0.1) is 0 Å². The smallest absolute Gasteiger partial charge is 0.262 e. The topological polar surface area (TPSA) is 140 Å². The molecule has 7 rings (SSSR count). The zero-order chi connectivity index (χ0) is 30.8. The van der Waals surface area contributed by atoms with Gasteiger partial charge in [-0.1, -0.05) is 44.2 Å². The fraction of sp³-hybridized carbons (Fsp3) is 0.333. The van der Waals surface area contributed by atoms with Gasteiger partial charge in [0.15, 0.2) is 0 Å². The summed E-state index contributed by atoms with van der Waals surface area (Å²) in [6.07, 6.45) is 3.87. The largest absolute Gasteiger partial charge is 0.353 e. The predicted molar refractivity (Wildman–Crippen MR) is 166 cm³/mol. The molecule has 3 aliphatic heterocycles. The van der Waals surface area contributed by atoms with E-state index in [1.807, 2.05) is 44.2 Å². The Morgan fingerprint density at radius 1 is 0.977 bits per heavy atom. The third-order valence-electron chi connectivity index (χ3n) is 8.25. The van der Waals surface area contributed by atoms with Crippen LogP contribution in [0.4, 0.5) is 5.95 Å². The van der Waals surface area contributed by atoms with Gasteiger partial charge in [0, 0.05) is 42.7 Å². The number of piperidine rings is 2. The molecule has 2 aromatic heterocycles. The maximum Gasteiger partial charge on any atom is 0.262 e. The van der Waals surface area contributed by atoms with Crippen LogP contribution in [0.3, 0.4) is 0 Å². The monoisotopic (exact) mass is 593 g/mol. The molecule has 0 saturated carbocycles. The van der Waals surface area contributed by atoms with Crippen molar-refractivity contribution in [1.29, 1.82) is 0 Å². The van der Waals surface area contributed by atoms with Crippen molar-refractivity contribution in [1.82, 2.24) is 30.1 Å². The van der Waals surface area contributed by atoms with E-state index in [4.69, 9.17) is 4.98 Å². The van der Waals surface area contributed by atoms with Gasteiger partial charge < -0.3 is 10.3 Å². The lowest BCUT2D eigenvalue weighted by molar-refractivity contribution is -0.136. The number of nitrogens with zero attached hydrogens (tertiary/aromatic N) is 4. The van der Waals surface area contributed by atoms with Crippen molar-refractivity contribution in [2.75, 3.05) is 18.4 Å². The molecule has 11 nitrogen and oxygen atoms in total. The highest BCUT2D eigenvalue weighted by Crippen LogP contribution is 2.31. The highest BCUT2D eigenvalue weighted by molar-refractivity contribution is 6.24. The summed E-state index contributed by atoms with van der Waals surface area (Å²) in [6.45, 7) is 6.04. The van der Waals surface area contributed by atoms with Crippen LogP contribution in [0.25, 0.3) is 22.3 Å². The van der Waals surface area contributed by atoms with Gasteiger partial charge in [0.2, 0.25) is 17.8 Å². The number of hydrogen-bond acceptors (Lipinski definition) is 8. The molecular weight excluding hydrogens is 558 g/mol. The van der Waals surface area contributed by atoms with E-state index in [1.165, 1.54) is 0 Å². The van der Waals surface area contributed by atoms with E-state index >= 15 is 0 Å². The molecule has 0 spiro atoms. The molecule has 226 valence electrons. The summed E-state index contributed by atoms with van der Waals surface area (Å²) in [5, 5.41) is 6.86. The van der Waals surface area contributed by atoms with Crippen LogP contribution in [0.1, 0.15) is 65.8 Å². The number of nitrogens with one attached hydrogen (secondary N) is 3. The van der Waals surface area contributed by atoms with Gasteiger partial charge in [0.05, 0.1) is 22.5 Å². The van der Waals surface area contributed by atoms with Crippen LogP contribution < -0.4 is 10.6 Å². The van der Waals surface area contributed by atoms with Crippen LogP contribution in [0.2, 0.25) is 0 Å². The van der Waals surface area contributed by atoms with E-state index in [1.54, 1.807) is 18.3 Å². The SMILES string of the molecule is CC.O=C1CCC(N2C(=O)c3cccc(CN4CCCC(Nc5nccc(-c6cc7ccccc7[nH]6)n5)C4)c3C2=O)C(=O)N1. The number of aromatic nitrogens is 3. The fourth-order valence-corrected chi connectivity index (χ4v) is 6.25. The number of fused-ring (bicyclic) bond motifs is 2.